The van der Waals surface area contributed by atoms with Crippen molar-refractivity contribution >= 4 is 16.1 Å². The number of hydrogen-bond donors (Lipinski definition) is 0. The Balaban J connectivity index is 2.30. The van der Waals surface area contributed by atoms with Gasteiger partial charge in [-0.05, 0) is 12.8 Å². The molecule has 21 heavy (non-hydrogen) atoms. The van der Waals surface area contributed by atoms with E-state index in [1.54, 1.807) is 11.1 Å². The van der Waals surface area contributed by atoms with E-state index in [0.717, 1.165) is 38.9 Å². The highest BCUT2D eigenvalue weighted by atomic mass is 28.3. The molecule has 4 heteroatoms. The second kappa shape index (κ2) is 6.15. The van der Waals surface area contributed by atoms with Crippen LogP contribution in [0.2, 0.25) is 39.3 Å². The van der Waals surface area contributed by atoms with Gasteiger partial charge in [0.25, 0.3) is 0 Å². The molecule has 1 saturated heterocycles. The zero-order chi connectivity index (χ0) is 15.7. The summed E-state index contributed by atoms with van der Waals surface area (Å²) in [4.78, 5) is 0. The molecule has 2 nitrogen and oxygen atoms in total. The molecule has 0 N–H and O–H groups in total. The zero-order valence-corrected chi connectivity index (χ0v) is 16.7. The molecule has 1 aliphatic heterocycles. The van der Waals surface area contributed by atoms with Crippen LogP contribution >= 0.6 is 0 Å². The standard InChI is InChI=1S/C17H32O2Si2/c1-20(2,3)13-15-7-9-17(18-11-12-19-17)10-8-16(15)14-21(4,5)6/h13-14H,7-12H2,1-6H3/b15-13-,16-14+. The lowest BCUT2D eigenvalue weighted by atomic mass is 10.1. The highest BCUT2D eigenvalue weighted by Crippen LogP contribution is 2.39. The third-order valence-electron chi connectivity index (χ3n) is 3.99. The minimum Gasteiger partial charge on any atom is -0.348 e. The Labute approximate surface area is 132 Å². The second-order valence-corrected chi connectivity index (χ2v) is 18.7. The van der Waals surface area contributed by atoms with Crippen molar-refractivity contribution in [1.82, 2.24) is 0 Å². The first-order valence-corrected chi connectivity index (χ1v) is 15.5. The van der Waals surface area contributed by atoms with Crippen molar-refractivity contribution in [1.29, 1.82) is 0 Å². The quantitative estimate of drug-likeness (QED) is 0.672. The largest absolute Gasteiger partial charge is 0.348 e. The van der Waals surface area contributed by atoms with Crippen LogP contribution in [0.15, 0.2) is 22.5 Å². The molecule has 1 aliphatic carbocycles. The summed E-state index contributed by atoms with van der Waals surface area (Å²) in [5.41, 5.74) is 8.39. The third kappa shape index (κ3) is 5.20. The summed E-state index contributed by atoms with van der Waals surface area (Å²) in [6, 6.07) is 0. The van der Waals surface area contributed by atoms with Crippen LogP contribution in [0.1, 0.15) is 25.7 Å². The fourth-order valence-corrected chi connectivity index (χ4v) is 6.01. The summed E-state index contributed by atoms with van der Waals surface area (Å²) in [6.45, 7) is 16.1. The maximum atomic E-state index is 5.96. The minimum absolute atomic E-state index is 0.284. The van der Waals surface area contributed by atoms with Gasteiger partial charge in [-0.15, -0.1) is 0 Å². The Morgan fingerprint density at radius 1 is 0.762 bits per heavy atom. The molecule has 0 aromatic heterocycles. The first-order valence-electron chi connectivity index (χ1n) is 8.30. The van der Waals surface area contributed by atoms with Gasteiger partial charge in [0.1, 0.15) is 0 Å². The maximum absolute atomic E-state index is 5.96. The molecule has 1 saturated carbocycles. The SMILES string of the molecule is C[Si](C)(C)/C=C1/CCC2(CC/C1=C\[Si](C)(C)C)OCCO2. The van der Waals surface area contributed by atoms with Gasteiger partial charge in [0.2, 0.25) is 0 Å². The first-order chi connectivity index (χ1) is 9.59. The summed E-state index contributed by atoms with van der Waals surface area (Å²) >= 11 is 0. The van der Waals surface area contributed by atoms with Crippen molar-refractivity contribution < 1.29 is 9.47 Å². The van der Waals surface area contributed by atoms with E-state index in [-0.39, 0.29) is 5.79 Å². The Bertz CT molecular complexity index is 397. The van der Waals surface area contributed by atoms with Crippen molar-refractivity contribution in [3.05, 3.63) is 22.5 Å². The lowest BCUT2D eigenvalue weighted by Gasteiger charge is -2.25. The molecule has 2 aliphatic rings. The molecule has 0 atom stereocenters. The minimum atomic E-state index is -1.20. The molecule has 0 unspecified atom stereocenters. The monoisotopic (exact) mass is 324 g/mol. The van der Waals surface area contributed by atoms with Crippen LogP contribution < -0.4 is 0 Å². The molecule has 1 spiro atoms. The van der Waals surface area contributed by atoms with Crippen LogP contribution in [-0.2, 0) is 9.47 Å². The maximum Gasteiger partial charge on any atom is 0.169 e. The van der Waals surface area contributed by atoms with Crippen LogP contribution in [0, 0.1) is 0 Å². The van der Waals surface area contributed by atoms with Gasteiger partial charge in [0.05, 0.1) is 29.4 Å². The van der Waals surface area contributed by atoms with Crippen molar-refractivity contribution in [3.8, 4) is 0 Å². The van der Waals surface area contributed by atoms with Gasteiger partial charge >= 0.3 is 0 Å². The van der Waals surface area contributed by atoms with Crippen LogP contribution in [0.25, 0.3) is 0 Å². The highest BCUT2D eigenvalue weighted by molar-refractivity contribution is 6.82. The van der Waals surface area contributed by atoms with Crippen LogP contribution in [-0.4, -0.2) is 35.1 Å². The van der Waals surface area contributed by atoms with Gasteiger partial charge in [-0.25, -0.2) is 0 Å². The predicted octanol–water partition coefficient (Wildman–Crippen LogP) is 4.91. The van der Waals surface area contributed by atoms with Crippen LogP contribution in [0.3, 0.4) is 0 Å². The van der Waals surface area contributed by atoms with Crippen molar-refractivity contribution in [2.75, 3.05) is 13.2 Å². The molecule has 0 aromatic carbocycles. The summed E-state index contributed by atoms with van der Waals surface area (Å²) in [6.07, 6.45) is 4.26. The summed E-state index contributed by atoms with van der Waals surface area (Å²) < 4.78 is 11.9. The van der Waals surface area contributed by atoms with E-state index in [1.807, 2.05) is 0 Å². The van der Waals surface area contributed by atoms with E-state index in [4.69, 9.17) is 9.47 Å². The number of allylic oxidation sites excluding steroid dienone is 2. The summed E-state index contributed by atoms with van der Waals surface area (Å²) in [5, 5.41) is 0. The Hall–Kier alpha value is -0.166. The third-order valence-corrected chi connectivity index (χ3v) is 6.42. The predicted molar refractivity (Wildman–Crippen MR) is 96.0 cm³/mol. The first kappa shape index (κ1) is 17.2. The molecule has 0 aromatic rings. The fraction of sp³-hybridized carbons (Fsp3) is 0.765. The van der Waals surface area contributed by atoms with Gasteiger partial charge in [-0.1, -0.05) is 61.8 Å². The topological polar surface area (TPSA) is 18.5 Å². The van der Waals surface area contributed by atoms with Crippen molar-refractivity contribution in [3.63, 3.8) is 0 Å². The summed E-state index contributed by atoms with van der Waals surface area (Å²) in [7, 11) is -2.41. The second-order valence-electron chi connectivity index (χ2n) is 8.68. The van der Waals surface area contributed by atoms with Gasteiger partial charge in [-0.3, -0.25) is 0 Å². The van der Waals surface area contributed by atoms with E-state index in [9.17, 15) is 0 Å². The molecule has 1 heterocycles. The molecule has 120 valence electrons. The lowest BCUT2D eigenvalue weighted by Crippen LogP contribution is -2.28. The number of ether oxygens (including phenoxy) is 2. The summed E-state index contributed by atoms with van der Waals surface area (Å²) in [5.74, 6) is -0.284. The average Bonchev–Trinajstić information content (AvgIpc) is 2.70. The molecule has 2 rings (SSSR count). The Morgan fingerprint density at radius 2 is 1.14 bits per heavy atom. The molecular weight excluding hydrogens is 292 g/mol. The molecule has 0 amide bonds. The van der Waals surface area contributed by atoms with Gasteiger partial charge < -0.3 is 9.47 Å². The van der Waals surface area contributed by atoms with Gasteiger partial charge in [0, 0.05) is 12.8 Å². The van der Waals surface area contributed by atoms with Gasteiger partial charge in [-0.2, -0.15) is 0 Å². The fourth-order valence-electron chi connectivity index (χ4n) is 3.26. The highest BCUT2D eigenvalue weighted by Gasteiger charge is 2.38. The van der Waals surface area contributed by atoms with Crippen LogP contribution in [0.4, 0.5) is 0 Å². The molecule has 0 bridgehead atoms. The molecule has 0 radical (unpaired) electrons. The number of rotatable bonds is 2. The number of hydrogen-bond acceptors (Lipinski definition) is 2. The zero-order valence-electron chi connectivity index (χ0n) is 14.7. The Morgan fingerprint density at radius 3 is 1.48 bits per heavy atom. The van der Waals surface area contributed by atoms with E-state index in [0.29, 0.717) is 0 Å². The average molecular weight is 325 g/mol. The smallest absolute Gasteiger partial charge is 0.169 e. The Kier molecular flexibility index (Phi) is 5.03. The van der Waals surface area contributed by atoms with E-state index >= 15 is 0 Å². The van der Waals surface area contributed by atoms with Crippen LogP contribution in [0.5, 0.6) is 0 Å². The molecular formula is C17H32O2Si2. The van der Waals surface area contributed by atoms with Crippen molar-refractivity contribution in [2.24, 2.45) is 0 Å². The van der Waals surface area contributed by atoms with Crippen molar-refractivity contribution in [2.45, 2.75) is 70.8 Å². The lowest BCUT2D eigenvalue weighted by molar-refractivity contribution is -0.164. The van der Waals surface area contributed by atoms with E-state index in [1.165, 1.54) is 0 Å². The normalized spacial score (nSPS) is 27.5. The van der Waals surface area contributed by atoms with E-state index in [2.05, 4.69) is 50.7 Å². The van der Waals surface area contributed by atoms with E-state index < -0.39 is 16.1 Å². The molecule has 2 fully saturated rings. The van der Waals surface area contributed by atoms with Gasteiger partial charge in [0.15, 0.2) is 5.79 Å².